The minimum Gasteiger partial charge on any atom is -0.496 e. The molecule has 3 rings (SSSR count). The molecule has 0 aliphatic heterocycles. The number of amides is 1. The third kappa shape index (κ3) is 3.41. The molecule has 27 heavy (non-hydrogen) atoms. The maximum Gasteiger partial charge on any atom is 0.280 e. The lowest BCUT2D eigenvalue weighted by molar-refractivity contribution is 0.100. The van der Waals surface area contributed by atoms with Gasteiger partial charge >= 0.3 is 0 Å². The van der Waals surface area contributed by atoms with E-state index in [4.69, 9.17) is 21.5 Å². The van der Waals surface area contributed by atoms with Gasteiger partial charge in [-0.2, -0.15) is 10.3 Å². The van der Waals surface area contributed by atoms with Crippen LogP contribution in [0.2, 0.25) is 0 Å². The molecule has 7 heteroatoms. The van der Waals surface area contributed by atoms with Gasteiger partial charge in [0.05, 0.1) is 18.7 Å². The maximum atomic E-state index is 14.3. The second-order valence-corrected chi connectivity index (χ2v) is 5.72. The second kappa shape index (κ2) is 7.14. The largest absolute Gasteiger partial charge is 0.496 e. The molecule has 0 aromatic heterocycles. The van der Waals surface area contributed by atoms with E-state index in [1.165, 1.54) is 31.4 Å². The van der Waals surface area contributed by atoms with Gasteiger partial charge in [-0.25, -0.2) is 4.39 Å². The zero-order chi connectivity index (χ0) is 19.6. The Labute approximate surface area is 154 Å². The average Bonchev–Trinajstić information content (AvgIpc) is 2.67. The molecule has 3 aromatic rings. The van der Waals surface area contributed by atoms with Crippen molar-refractivity contribution >= 4 is 22.6 Å². The summed E-state index contributed by atoms with van der Waals surface area (Å²) in [5.41, 5.74) is 12.5. The summed E-state index contributed by atoms with van der Waals surface area (Å²) in [5.74, 6) is -0.947. The van der Waals surface area contributed by atoms with Crippen LogP contribution in [0.5, 0.6) is 5.75 Å². The summed E-state index contributed by atoms with van der Waals surface area (Å²) in [6, 6.07) is 14.4. The van der Waals surface area contributed by atoms with Gasteiger partial charge in [0, 0.05) is 16.5 Å². The van der Waals surface area contributed by atoms with Crippen molar-refractivity contribution in [3.63, 3.8) is 0 Å². The minimum absolute atomic E-state index is 0.218. The summed E-state index contributed by atoms with van der Waals surface area (Å²) < 4.78 is 19.7. The third-order valence-corrected chi connectivity index (χ3v) is 4.06. The molecule has 0 radical (unpaired) electrons. The topological polar surface area (TPSA) is 114 Å². The van der Waals surface area contributed by atoms with Crippen LogP contribution < -0.4 is 16.2 Å². The Morgan fingerprint density at radius 2 is 1.81 bits per heavy atom. The molecule has 3 aromatic carbocycles. The smallest absolute Gasteiger partial charge is 0.280 e. The van der Waals surface area contributed by atoms with Crippen LogP contribution >= 0.6 is 0 Å². The summed E-state index contributed by atoms with van der Waals surface area (Å²) in [6.45, 7) is 0. The molecule has 0 aliphatic rings. The van der Waals surface area contributed by atoms with Gasteiger partial charge in [0.15, 0.2) is 5.96 Å². The van der Waals surface area contributed by atoms with Crippen molar-refractivity contribution in [2.45, 2.75) is 0 Å². The number of carbonyl (C=O) groups is 1. The molecule has 0 atom stereocenters. The molecule has 0 aliphatic carbocycles. The van der Waals surface area contributed by atoms with Gasteiger partial charge < -0.3 is 16.2 Å². The molecule has 0 heterocycles. The predicted octanol–water partition coefficient (Wildman–Crippen LogP) is 2.94. The summed E-state index contributed by atoms with van der Waals surface area (Å²) in [4.78, 5) is 15.7. The fourth-order valence-corrected chi connectivity index (χ4v) is 2.84. The van der Waals surface area contributed by atoms with Crippen LogP contribution in [-0.2, 0) is 0 Å². The number of guanidine groups is 1. The first-order chi connectivity index (χ1) is 12.9. The number of nitrogens with zero attached hydrogens (tertiary/aromatic N) is 2. The van der Waals surface area contributed by atoms with E-state index in [2.05, 4.69) is 4.99 Å². The summed E-state index contributed by atoms with van der Waals surface area (Å²) in [5, 5.41) is 9.90. The quantitative estimate of drug-likeness (QED) is 0.549. The number of methoxy groups -OCH3 is 1. The Kier molecular flexibility index (Phi) is 4.73. The van der Waals surface area contributed by atoms with Gasteiger partial charge in [0.2, 0.25) is 0 Å². The van der Waals surface area contributed by atoms with Crippen LogP contribution in [-0.4, -0.2) is 19.0 Å². The SMILES string of the molecule is COc1cc(C#N)ccc1-c1ccc(F)c2ccc(C(=O)N=C(N)N)cc12. The van der Waals surface area contributed by atoms with E-state index in [1.807, 2.05) is 6.07 Å². The summed E-state index contributed by atoms with van der Waals surface area (Å²) in [6.07, 6.45) is 0. The molecule has 0 saturated heterocycles. The Bertz CT molecular complexity index is 1130. The number of aliphatic imine (C=N–C) groups is 1. The highest BCUT2D eigenvalue weighted by molar-refractivity contribution is 6.07. The number of nitriles is 1. The number of hydrogen-bond donors (Lipinski definition) is 2. The fraction of sp³-hybridized carbons (Fsp3) is 0.0500. The van der Waals surface area contributed by atoms with E-state index in [-0.39, 0.29) is 11.5 Å². The highest BCUT2D eigenvalue weighted by atomic mass is 19.1. The van der Waals surface area contributed by atoms with Gasteiger partial charge in [0.1, 0.15) is 11.6 Å². The number of nitrogens with two attached hydrogens (primary N) is 2. The van der Waals surface area contributed by atoms with Crippen molar-refractivity contribution < 1.29 is 13.9 Å². The second-order valence-electron chi connectivity index (χ2n) is 5.72. The van der Waals surface area contributed by atoms with Crippen LogP contribution in [0.25, 0.3) is 21.9 Å². The highest BCUT2D eigenvalue weighted by Gasteiger charge is 2.15. The molecule has 1 amide bonds. The monoisotopic (exact) mass is 362 g/mol. The normalized spacial score (nSPS) is 10.3. The third-order valence-electron chi connectivity index (χ3n) is 4.06. The van der Waals surface area contributed by atoms with Gasteiger partial charge in [-0.15, -0.1) is 0 Å². The van der Waals surface area contributed by atoms with E-state index in [0.717, 1.165) is 0 Å². The van der Waals surface area contributed by atoms with E-state index in [1.54, 1.807) is 24.3 Å². The molecular weight excluding hydrogens is 347 g/mol. The van der Waals surface area contributed by atoms with Crippen molar-refractivity contribution in [2.24, 2.45) is 16.5 Å². The molecule has 4 N–H and O–H groups in total. The minimum atomic E-state index is -0.626. The molecular formula is C20H15FN4O2. The van der Waals surface area contributed by atoms with Crippen molar-refractivity contribution in [1.82, 2.24) is 0 Å². The van der Waals surface area contributed by atoms with Crippen molar-refractivity contribution in [3.8, 4) is 22.9 Å². The van der Waals surface area contributed by atoms with Crippen LogP contribution in [0.4, 0.5) is 4.39 Å². The van der Waals surface area contributed by atoms with Crippen molar-refractivity contribution in [3.05, 3.63) is 65.5 Å². The fourth-order valence-electron chi connectivity index (χ4n) is 2.84. The first-order valence-electron chi connectivity index (χ1n) is 7.89. The molecule has 0 fully saturated rings. The number of carbonyl (C=O) groups excluding carboxylic acids is 1. The predicted molar refractivity (Wildman–Crippen MR) is 101 cm³/mol. The lowest BCUT2D eigenvalue weighted by atomic mass is 9.95. The Balaban J connectivity index is 2.28. The lowest BCUT2D eigenvalue weighted by Crippen LogP contribution is -2.24. The standard InChI is InChI=1S/C20H15FN4O2/c1-27-18-8-11(10-22)2-4-15(18)13-6-7-17(21)14-5-3-12(9-16(13)14)19(26)25-20(23)24/h2-9H,1H3,(H4,23,24,25,26). The Hall–Kier alpha value is -3.92. The maximum absolute atomic E-state index is 14.3. The van der Waals surface area contributed by atoms with Gasteiger partial charge in [-0.05, 0) is 47.3 Å². The number of fused-ring (bicyclic) bond motifs is 1. The van der Waals surface area contributed by atoms with Crippen LogP contribution in [0.3, 0.4) is 0 Å². The first-order valence-corrected chi connectivity index (χ1v) is 7.89. The molecule has 6 nitrogen and oxygen atoms in total. The van der Waals surface area contributed by atoms with E-state index in [9.17, 15) is 9.18 Å². The number of benzene rings is 3. The molecule has 0 spiro atoms. The zero-order valence-electron chi connectivity index (χ0n) is 14.4. The highest BCUT2D eigenvalue weighted by Crippen LogP contribution is 2.37. The van der Waals surface area contributed by atoms with E-state index in [0.29, 0.717) is 33.2 Å². The van der Waals surface area contributed by atoms with Gasteiger partial charge in [-0.3, -0.25) is 4.79 Å². The summed E-state index contributed by atoms with van der Waals surface area (Å²) in [7, 11) is 1.49. The number of ether oxygens (including phenoxy) is 1. The van der Waals surface area contributed by atoms with E-state index < -0.39 is 11.7 Å². The van der Waals surface area contributed by atoms with E-state index >= 15 is 0 Å². The molecule has 0 unspecified atom stereocenters. The van der Waals surface area contributed by atoms with Crippen molar-refractivity contribution in [2.75, 3.05) is 7.11 Å². The summed E-state index contributed by atoms with van der Waals surface area (Å²) >= 11 is 0. The molecule has 0 saturated carbocycles. The first kappa shape index (κ1) is 17.9. The van der Waals surface area contributed by atoms with Crippen LogP contribution in [0, 0.1) is 17.1 Å². The molecule has 0 bridgehead atoms. The van der Waals surface area contributed by atoms with Gasteiger partial charge in [0.25, 0.3) is 5.91 Å². The number of rotatable bonds is 3. The zero-order valence-corrected chi connectivity index (χ0v) is 14.4. The Morgan fingerprint density at radius 3 is 2.48 bits per heavy atom. The van der Waals surface area contributed by atoms with Crippen LogP contribution in [0.1, 0.15) is 15.9 Å². The average molecular weight is 362 g/mol. The van der Waals surface area contributed by atoms with Crippen LogP contribution in [0.15, 0.2) is 53.5 Å². The lowest BCUT2D eigenvalue weighted by Gasteiger charge is -2.13. The van der Waals surface area contributed by atoms with Crippen molar-refractivity contribution in [1.29, 1.82) is 5.26 Å². The number of hydrogen-bond acceptors (Lipinski definition) is 3. The molecule has 134 valence electrons. The number of halogens is 1. The van der Waals surface area contributed by atoms with Gasteiger partial charge in [-0.1, -0.05) is 12.1 Å². The Morgan fingerprint density at radius 1 is 1.07 bits per heavy atom.